The Balaban J connectivity index is -0.000000215. The van der Waals surface area contributed by atoms with E-state index in [2.05, 4.69) is 61.3 Å². The molecule has 18 heavy (non-hydrogen) atoms. The molecule has 0 heteroatoms. The number of rotatable bonds is 0. The fourth-order valence-electron chi connectivity index (χ4n) is 1.79. The minimum atomic E-state index is 0.500. The predicted octanol–water partition coefficient (Wildman–Crippen LogP) is 6.55. The second-order valence-corrected chi connectivity index (χ2v) is 7.35. The van der Waals surface area contributed by atoms with Crippen molar-refractivity contribution in [1.82, 2.24) is 0 Å². The van der Waals surface area contributed by atoms with Crippen LogP contribution >= 0.6 is 0 Å². The summed E-state index contributed by atoms with van der Waals surface area (Å²) >= 11 is 0. The summed E-state index contributed by atoms with van der Waals surface area (Å²) in [4.78, 5) is 0. The van der Waals surface area contributed by atoms with Crippen LogP contribution in [0.3, 0.4) is 0 Å². The van der Waals surface area contributed by atoms with E-state index in [0.29, 0.717) is 10.8 Å². The quantitative estimate of drug-likeness (QED) is 0.430. The average Bonchev–Trinajstić information content (AvgIpc) is 2.73. The molecule has 0 heterocycles. The first-order valence-electron chi connectivity index (χ1n) is 7.44. The van der Waals surface area contributed by atoms with Crippen molar-refractivity contribution in [3.63, 3.8) is 0 Å². The predicted molar refractivity (Wildman–Crippen MR) is 87.8 cm³/mol. The zero-order valence-corrected chi connectivity index (χ0v) is 14.6. The lowest BCUT2D eigenvalue weighted by Gasteiger charge is -2.26. The maximum absolute atomic E-state index is 4.00. The Morgan fingerprint density at radius 3 is 1.06 bits per heavy atom. The van der Waals surface area contributed by atoms with Crippen LogP contribution in [-0.2, 0) is 0 Å². The van der Waals surface area contributed by atoms with E-state index < -0.39 is 0 Å². The van der Waals surface area contributed by atoms with Gasteiger partial charge in [-0.25, -0.2) is 0 Å². The molecule has 0 unspecified atom stereocenters. The van der Waals surface area contributed by atoms with Crippen LogP contribution in [-0.4, -0.2) is 0 Å². The van der Waals surface area contributed by atoms with Gasteiger partial charge in [0.1, 0.15) is 0 Å². The zero-order chi connectivity index (χ0) is 15.4. The molecule has 0 radical (unpaired) electrons. The second kappa shape index (κ2) is 11.6. The lowest BCUT2D eigenvalue weighted by Crippen LogP contribution is -2.16. The number of hydrogen-bond donors (Lipinski definition) is 0. The molecule has 0 nitrogen and oxygen atoms in total. The molecule has 1 saturated carbocycles. The summed E-state index contributed by atoms with van der Waals surface area (Å²) in [6.45, 7) is 19.8. The first-order chi connectivity index (χ1) is 8.11. The average molecular weight is 255 g/mol. The maximum Gasteiger partial charge on any atom is -0.0354 e. The van der Waals surface area contributed by atoms with Crippen molar-refractivity contribution in [2.45, 2.75) is 88.0 Å². The third kappa shape index (κ3) is 20.9. The Morgan fingerprint density at radius 2 is 0.944 bits per heavy atom. The molecule has 0 aromatic heterocycles. The zero-order valence-electron chi connectivity index (χ0n) is 14.6. The molecule has 0 aliphatic heterocycles. The standard InChI is InChI=1S/C9H18.C5H12.C2H6.C2H2/c1-9(2,3)8-6-4-5-7-8;1-5(2,3)4;2*1-2/h8H,4-7H2,1-3H3;1-4H3;1-2H3;1-2H. The molecule has 1 rings (SSSR count). The molecule has 0 spiro atoms. The molecule has 0 N–H and O–H groups in total. The third-order valence-corrected chi connectivity index (χ3v) is 2.58. The van der Waals surface area contributed by atoms with Crippen LogP contribution in [0.15, 0.2) is 0 Å². The van der Waals surface area contributed by atoms with E-state index in [1.54, 1.807) is 0 Å². The monoisotopic (exact) mass is 254 g/mol. The van der Waals surface area contributed by atoms with Crippen LogP contribution in [0.1, 0.15) is 88.0 Å². The van der Waals surface area contributed by atoms with Gasteiger partial charge in [-0.15, -0.1) is 12.8 Å². The highest BCUT2D eigenvalue weighted by molar-refractivity contribution is 4.78. The molecule has 1 aliphatic rings. The van der Waals surface area contributed by atoms with Crippen molar-refractivity contribution >= 4 is 0 Å². The summed E-state index contributed by atoms with van der Waals surface area (Å²) in [5.41, 5.74) is 1.08. The van der Waals surface area contributed by atoms with Crippen LogP contribution in [0.5, 0.6) is 0 Å². The van der Waals surface area contributed by atoms with Gasteiger partial charge in [-0.05, 0) is 29.6 Å². The first kappa shape index (κ1) is 22.7. The van der Waals surface area contributed by atoms with Gasteiger partial charge in [0.15, 0.2) is 0 Å². The summed E-state index contributed by atoms with van der Waals surface area (Å²) < 4.78 is 0. The van der Waals surface area contributed by atoms with E-state index in [0.717, 1.165) is 5.92 Å². The minimum Gasteiger partial charge on any atom is -0.124 e. The number of hydrogen-bond acceptors (Lipinski definition) is 0. The van der Waals surface area contributed by atoms with Crippen molar-refractivity contribution in [2.75, 3.05) is 0 Å². The first-order valence-corrected chi connectivity index (χ1v) is 7.44. The van der Waals surface area contributed by atoms with Crippen LogP contribution in [0, 0.1) is 29.6 Å². The Labute approximate surface area is 118 Å². The maximum atomic E-state index is 4.00. The second-order valence-electron chi connectivity index (χ2n) is 7.35. The van der Waals surface area contributed by atoms with Crippen molar-refractivity contribution in [1.29, 1.82) is 0 Å². The molecule has 0 saturated heterocycles. The molecular formula is C18H38. The lowest BCUT2D eigenvalue weighted by molar-refractivity contribution is 0.246. The smallest absolute Gasteiger partial charge is 0.0354 e. The van der Waals surface area contributed by atoms with Gasteiger partial charge >= 0.3 is 0 Å². The van der Waals surface area contributed by atoms with E-state index in [4.69, 9.17) is 0 Å². The topological polar surface area (TPSA) is 0 Å². The Morgan fingerprint density at radius 1 is 0.722 bits per heavy atom. The summed E-state index contributed by atoms with van der Waals surface area (Å²) in [7, 11) is 0. The van der Waals surface area contributed by atoms with Gasteiger partial charge in [0, 0.05) is 0 Å². The van der Waals surface area contributed by atoms with E-state index in [1.807, 2.05) is 13.8 Å². The van der Waals surface area contributed by atoms with Crippen molar-refractivity contribution in [3.05, 3.63) is 0 Å². The van der Waals surface area contributed by atoms with Crippen LogP contribution in [0.4, 0.5) is 0 Å². The normalized spacial score (nSPS) is 15.3. The highest BCUT2D eigenvalue weighted by Gasteiger charge is 2.26. The lowest BCUT2D eigenvalue weighted by atomic mass is 9.80. The van der Waals surface area contributed by atoms with Crippen LogP contribution < -0.4 is 0 Å². The Bertz CT molecular complexity index is 160. The molecular weight excluding hydrogens is 216 g/mol. The van der Waals surface area contributed by atoms with Gasteiger partial charge < -0.3 is 0 Å². The third-order valence-electron chi connectivity index (χ3n) is 2.58. The Kier molecular flexibility index (Phi) is 14.7. The Hall–Kier alpha value is -0.440. The summed E-state index contributed by atoms with van der Waals surface area (Å²) in [5.74, 6) is 1.01. The van der Waals surface area contributed by atoms with Crippen molar-refractivity contribution < 1.29 is 0 Å². The molecule has 1 aliphatic carbocycles. The summed E-state index contributed by atoms with van der Waals surface area (Å²) in [6, 6.07) is 0. The molecule has 110 valence electrons. The highest BCUT2D eigenvalue weighted by atomic mass is 14.3. The van der Waals surface area contributed by atoms with E-state index in [9.17, 15) is 0 Å². The van der Waals surface area contributed by atoms with Crippen LogP contribution in [0.25, 0.3) is 0 Å². The van der Waals surface area contributed by atoms with Gasteiger partial charge in [0.2, 0.25) is 0 Å². The SMILES string of the molecule is C#C.CC.CC(C)(C)C.CC(C)(C)C1CCCC1. The van der Waals surface area contributed by atoms with E-state index in [-0.39, 0.29) is 0 Å². The van der Waals surface area contributed by atoms with Crippen molar-refractivity contribution in [3.8, 4) is 12.8 Å². The van der Waals surface area contributed by atoms with Crippen LogP contribution in [0.2, 0.25) is 0 Å². The number of terminal acetylenes is 1. The van der Waals surface area contributed by atoms with Gasteiger partial charge in [-0.2, -0.15) is 0 Å². The largest absolute Gasteiger partial charge is 0.124 e. The molecule has 0 amide bonds. The molecule has 1 fully saturated rings. The van der Waals surface area contributed by atoms with Gasteiger partial charge in [-0.3, -0.25) is 0 Å². The molecule has 0 aromatic rings. The molecule has 0 bridgehead atoms. The van der Waals surface area contributed by atoms with Gasteiger partial charge in [0.05, 0.1) is 0 Å². The minimum absolute atomic E-state index is 0.500. The fraction of sp³-hybridized carbons (Fsp3) is 0.889. The van der Waals surface area contributed by atoms with Gasteiger partial charge in [-0.1, -0.05) is 75.2 Å². The van der Waals surface area contributed by atoms with Gasteiger partial charge in [0.25, 0.3) is 0 Å². The molecule has 0 aromatic carbocycles. The van der Waals surface area contributed by atoms with E-state index in [1.165, 1.54) is 25.7 Å². The summed E-state index contributed by atoms with van der Waals surface area (Å²) in [6.07, 6.45) is 13.9. The highest BCUT2D eigenvalue weighted by Crippen LogP contribution is 2.38. The van der Waals surface area contributed by atoms with Crippen molar-refractivity contribution in [2.24, 2.45) is 16.7 Å². The summed E-state index contributed by atoms with van der Waals surface area (Å²) in [5, 5.41) is 0. The fourth-order valence-corrected chi connectivity index (χ4v) is 1.79. The van der Waals surface area contributed by atoms with E-state index >= 15 is 0 Å². The molecule has 0 atom stereocenters.